The van der Waals surface area contributed by atoms with Gasteiger partial charge in [-0.2, -0.15) is 5.10 Å². The van der Waals surface area contributed by atoms with Crippen molar-refractivity contribution < 1.29 is 9.90 Å². The Balaban J connectivity index is 2.37. The van der Waals surface area contributed by atoms with Gasteiger partial charge >= 0.3 is 5.97 Å². The molecule has 0 amide bonds. The molecule has 17 heavy (non-hydrogen) atoms. The Hall–Kier alpha value is -1.62. The van der Waals surface area contributed by atoms with E-state index in [2.05, 4.69) is 21.0 Å². The number of aryl methyl sites for hydroxylation is 1. The predicted molar refractivity (Wildman–Crippen MR) is 67.7 cm³/mol. The topological polar surface area (TPSA) is 55.1 Å². The summed E-state index contributed by atoms with van der Waals surface area (Å²) in [6, 6.07) is 9.55. The van der Waals surface area contributed by atoms with Crippen molar-refractivity contribution in [1.29, 1.82) is 0 Å². The van der Waals surface area contributed by atoms with Crippen LogP contribution in [0.2, 0.25) is 0 Å². The summed E-state index contributed by atoms with van der Waals surface area (Å²) in [4.78, 5) is 10.7. The molecule has 0 aliphatic rings. The molecule has 1 N–H and O–H groups in total. The summed E-state index contributed by atoms with van der Waals surface area (Å²) in [7, 11) is 1.75. The Labute approximate surface area is 107 Å². The second-order valence-electron chi connectivity index (χ2n) is 3.73. The van der Waals surface area contributed by atoms with Crippen LogP contribution in [-0.2, 0) is 18.3 Å². The number of benzene rings is 1. The number of hydrogen-bond acceptors (Lipinski definition) is 2. The molecule has 0 unspecified atom stereocenters. The maximum absolute atomic E-state index is 10.7. The molecule has 1 aromatic carbocycles. The van der Waals surface area contributed by atoms with E-state index in [0.29, 0.717) is 5.69 Å². The Morgan fingerprint density at radius 2 is 2.24 bits per heavy atom. The van der Waals surface area contributed by atoms with Gasteiger partial charge in [-0.3, -0.25) is 9.48 Å². The number of aliphatic carboxylic acids is 1. The van der Waals surface area contributed by atoms with Crippen LogP contribution in [0.1, 0.15) is 5.69 Å². The minimum absolute atomic E-state index is 0.0164. The van der Waals surface area contributed by atoms with Crippen molar-refractivity contribution >= 4 is 21.9 Å². The molecule has 2 rings (SSSR count). The highest BCUT2D eigenvalue weighted by Gasteiger charge is 2.10. The molecule has 0 spiro atoms. The van der Waals surface area contributed by atoms with Crippen LogP contribution in [0, 0.1) is 0 Å². The monoisotopic (exact) mass is 294 g/mol. The van der Waals surface area contributed by atoms with Crippen LogP contribution >= 0.6 is 15.9 Å². The lowest BCUT2D eigenvalue weighted by Gasteiger charge is -1.96. The summed E-state index contributed by atoms with van der Waals surface area (Å²) in [5.74, 6) is -0.853. The maximum Gasteiger partial charge on any atom is 0.309 e. The van der Waals surface area contributed by atoms with Gasteiger partial charge in [0.25, 0.3) is 0 Å². The predicted octanol–water partition coefficient (Wildman–Crippen LogP) is 2.48. The largest absolute Gasteiger partial charge is 0.481 e. The number of rotatable bonds is 3. The fraction of sp³-hybridized carbons (Fsp3) is 0.167. The average molecular weight is 295 g/mol. The van der Waals surface area contributed by atoms with Crippen LogP contribution < -0.4 is 0 Å². The second kappa shape index (κ2) is 4.71. The fourth-order valence-electron chi connectivity index (χ4n) is 1.62. The fourth-order valence-corrected chi connectivity index (χ4v) is 2.01. The Morgan fingerprint density at radius 3 is 2.88 bits per heavy atom. The molecule has 0 saturated carbocycles. The van der Waals surface area contributed by atoms with Gasteiger partial charge in [-0.05, 0) is 18.2 Å². The van der Waals surface area contributed by atoms with Crippen molar-refractivity contribution in [2.75, 3.05) is 0 Å². The highest BCUT2D eigenvalue weighted by atomic mass is 79.9. The molecule has 0 radical (unpaired) electrons. The summed E-state index contributed by atoms with van der Waals surface area (Å²) in [6.07, 6.45) is -0.0164. The second-order valence-corrected chi connectivity index (χ2v) is 4.64. The lowest BCUT2D eigenvalue weighted by atomic mass is 10.1. The lowest BCUT2D eigenvalue weighted by Crippen LogP contribution is -2.05. The summed E-state index contributed by atoms with van der Waals surface area (Å²) in [5, 5.41) is 13.1. The summed E-state index contributed by atoms with van der Waals surface area (Å²) >= 11 is 3.40. The van der Waals surface area contributed by atoms with E-state index in [1.807, 2.05) is 24.3 Å². The van der Waals surface area contributed by atoms with Gasteiger partial charge in [-0.15, -0.1) is 0 Å². The van der Waals surface area contributed by atoms with Gasteiger partial charge in [0.2, 0.25) is 0 Å². The highest BCUT2D eigenvalue weighted by Crippen LogP contribution is 2.22. The van der Waals surface area contributed by atoms with E-state index in [4.69, 9.17) is 5.11 Å². The van der Waals surface area contributed by atoms with Crippen LogP contribution in [0.3, 0.4) is 0 Å². The third kappa shape index (κ3) is 2.74. The number of halogens is 1. The molecular formula is C12H11BrN2O2. The first kappa shape index (κ1) is 11.9. The zero-order valence-corrected chi connectivity index (χ0v) is 10.8. The number of nitrogens with zero attached hydrogens (tertiary/aromatic N) is 2. The zero-order valence-electron chi connectivity index (χ0n) is 9.22. The van der Waals surface area contributed by atoms with Crippen molar-refractivity contribution in [3.05, 3.63) is 40.5 Å². The zero-order chi connectivity index (χ0) is 12.4. The summed E-state index contributed by atoms with van der Waals surface area (Å²) < 4.78 is 2.57. The average Bonchev–Trinajstić information content (AvgIpc) is 2.59. The number of carboxylic acid groups (broad SMARTS) is 1. The Bertz CT molecular complexity index is 563. The van der Waals surface area contributed by atoms with E-state index in [9.17, 15) is 4.79 Å². The van der Waals surface area contributed by atoms with Crippen molar-refractivity contribution in [3.63, 3.8) is 0 Å². The molecule has 88 valence electrons. The molecule has 5 heteroatoms. The SMILES string of the molecule is Cn1nc(-c2cccc(Br)c2)cc1CC(=O)O. The Kier molecular flexibility index (Phi) is 3.28. The molecule has 0 fully saturated rings. The van der Waals surface area contributed by atoms with Crippen LogP contribution in [0.5, 0.6) is 0 Å². The quantitative estimate of drug-likeness (QED) is 0.946. The van der Waals surface area contributed by atoms with Crippen molar-refractivity contribution in [1.82, 2.24) is 9.78 Å². The molecule has 2 aromatic rings. The molecule has 0 atom stereocenters. The summed E-state index contributed by atoms with van der Waals surface area (Å²) in [6.45, 7) is 0. The van der Waals surface area contributed by atoms with Crippen LogP contribution in [0.4, 0.5) is 0 Å². The Morgan fingerprint density at radius 1 is 1.47 bits per heavy atom. The number of carboxylic acids is 1. The standard InChI is InChI=1S/C12H11BrN2O2/c1-15-10(7-12(16)17)6-11(14-15)8-3-2-4-9(13)5-8/h2-6H,7H2,1H3,(H,16,17). The van der Waals surface area contributed by atoms with E-state index in [0.717, 1.165) is 15.7 Å². The number of aromatic nitrogens is 2. The van der Waals surface area contributed by atoms with Gasteiger partial charge in [0.15, 0.2) is 0 Å². The number of hydrogen-bond donors (Lipinski definition) is 1. The molecular weight excluding hydrogens is 284 g/mol. The van der Waals surface area contributed by atoms with E-state index in [1.54, 1.807) is 17.8 Å². The van der Waals surface area contributed by atoms with E-state index in [-0.39, 0.29) is 6.42 Å². The van der Waals surface area contributed by atoms with E-state index in [1.165, 1.54) is 0 Å². The molecule has 0 bridgehead atoms. The minimum Gasteiger partial charge on any atom is -0.481 e. The third-order valence-corrected chi connectivity index (χ3v) is 2.92. The first-order chi connectivity index (χ1) is 8.06. The lowest BCUT2D eigenvalue weighted by molar-refractivity contribution is -0.136. The minimum atomic E-state index is -0.853. The normalized spacial score (nSPS) is 10.5. The van der Waals surface area contributed by atoms with Crippen LogP contribution in [-0.4, -0.2) is 20.9 Å². The van der Waals surface area contributed by atoms with Gasteiger partial charge in [0, 0.05) is 22.8 Å². The summed E-state index contributed by atoms with van der Waals surface area (Å²) in [5.41, 5.74) is 2.43. The number of carbonyl (C=O) groups is 1. The molecule has 1 heterocycles. The van der Waals surface area contributed by atoms with Crippen molar-refractivity contribution in [2.45, 2.75) is 6.42 Å². The van der Waals surface area contributed by atoms with Crippen LogP contribution in [0.25, 0.3) is 11.3 Å². The molecule has 0 aliphatic heterocycles. The highest BCUT2D eigenvalue weighted by molar-refractivity contribution is 9.10. The van der Waals surface area contributed by atoms with Crippen LogP contribution in [0.15, 0.2) is 34.8 Å². The first-order valence-electron chi connectivity index (χ1n) is 5.07. The van der Waals surface area contributed by atoms with Gasteiger partial charge < -0.3 is 5.11 Å². The first-order valence-corrected chi connectivity index (χ1v) is 5.86. The molecule has 0 saturated heterocycles. The van der Waals surface area contributed by atoms with Gasteiger partial charge in [-0.25, -0.2) is 0 Å². The maximum atomic E-state index is 10.7. The van der Waals surface area contributed by atoms with E-state index >= 15 is 0 Å². The molecule has 1 aromatic heterocycles. The van der Waals surface area contributed by atoms with Gasteiger partial charge in [0.05, 0.1) is 12.1 Å². The van der Waals surface area contributed by atoms with E-state index < -0.39 is 5.97 Å². The van der Waals surface area contributed by atoms with Gasteiger partial charge in [-0.1, -0.05) is 28.1 Å². The third-order valence-electron chi connectivity index (χ3n) is 2.43. The smallest absolute Gasteiger partial charge is 0.309 e. The molecule has 4 nitrogen and oxygen atoms in total. The van der Waals surface area contributed by atoms with Crippen molar-refractivity contribution in [3.8, 4) is 11.3 Å². The van der Waals surface area contributed by atoms with Crippen molar-refractivity contribution in [2.24, 2.45) is 7.05 Å². The molecule has 0 aliphatic carbocycles. The van der Waals surface area contributed by atoms with Gasteiger partial charge in [0.1, 0.15) is 0 Å².